The van der Waals surface area contributed by atoms with E-state index < -0.39 is 0 Å². The zero-order chi connectivity index (χ0) is 17.6. The molecule has 134 valence electrons. The number of allylic oxidation sites excluding steroid dienone is 2. The van der Waals surface area contributed by atoms with Crippen LogP contribution in [0, 0.1) is 11.8 Å². The maximum atomic E-state index is 2.44. The molecule has 2 atom stereocenters. The van der Waals surface area contributed by atoms with Crippen molar-refractivity contribution in [2.75, 3.05) is 13.1 Å². The van der Waals surface area contributed by atoms with Gasteiger partial charge < -0.3 is 9.80 Å². The van der Waals surface area contributed by atoms with Crippen LogP contribution >= 0.6 is 0 Å². The molecule has 0 aromatic heterocycles. The first-order valence-electron chi connectivity index (χ1n) is 9.79. The van der Waals surface area contributed by atoms with E-state index in [1.54, 1.807) is 0 Å². The van der Waals surface area contributed by atoms with Crippen LogP contribution in [0.3, 0.4) is 0 Å². The third kappa shape index (κ3) is 4.37. The quantitative estimate of drug-likeness (QED) is 0.748. The van der Waals surface area contributed by atoms with Crippen LogP contribution in [-0.2, 0) is 13.1 Å². The zero-order valence-corrected chi connectivity index (χ0v) is 15.4. The summed E-state index contributed by atoms with van der Waals surface area (Å²) in [4.78, 5) is 4.89. The van der Waals surface area contributed by atoms with Crippen molar-refractivity contribution in [1.29, 1.82) is 0 Å². The van der Waals surface area contributed by atoms with Gasteiger partial charge in [0.2, 0.25) is 0 Å². The fraction of sp³-hybridized carbons (Fsp3) is 0.333. The van der Waals surface area contributed by atoms with E-state index in [4.69, 9.17) is 0 Å². The maximum absolute atomic E-state index is 2.44. The highest BCUT2D eigenvalue weighted by atomic mass is 15.1. The minimum absolute atomic E-state index is 0.692. The predicted molar refractivity (Wildman–Crippen MR) is 108 cm³/mol. The molecule has 0 saturated heterocycles. The minimum atomic E-state index is 0.692. The molecule has 0 saturated carbocycles. The molecule has 0 bridgehead atoms. The summed E-state index contributed by atoms with van der Waals surface area (Å²) in [5, 5.41) is 0. The lowest BCUT2D eigenvalue weighted by molar-refractivity contribution is 0.250. The molecule has 0 N–H and O–H groups in total. The van der Waals surface area contributed by atoms with Crippen LogP contribution in [0.5, 0.6) is 0 Å². The van der Waals surface area contributed by atoms with Crippen molar-refractivity contribution >= 4 is 0 Å². The zero-order valence-electron chi connectivity index (χ0n) is 15.4. The lowest BCUT2D eigenvalue weighted by Crippen LogP contribution is -2.31. The summed E-state index contributed by atoms with van der Waals surface area (Å²) in [6.07, 6.45) is 12.0. The van der Waals surface area contributed by atoms with Crippen LogP contribution in [0.15, 0.2) is 85.2 Å². The van der Waals surface area contributed by atoms with Gasteiger partial charge in [-0.2, -0.15) is 0 Å². The summed E-state index contributed by atoms with van der Waals surface area (Å²) in [7, 11) is 0. The molecule has 2 aromatic rings. The molecule has 0 amide bonds. The second kappa shape index (κ2) is 8.27. The van der Waals surface area contributed by atoms with Crippen LogP contribution in [-0.4, -0.2) is 22.9 Å². The van der Waals surface area contributed by atoms with Crippen molar-refractivity contribution in [2.24, 2.45) is 11.8 Å². The molecular weight excluding hydrogens is 316 g/mol. The fourth-order valence-electron chi connectivity index (χ4n) is 4.05. The smallest absolute Gasteiger partial charge is 0.0423 e. The van der Waals surface area contributed by atoms with Crippen LogP contribution in [0.25, 0.3) is 0 Å². The van der Waals surface area contributed by atoms with Crippen LogP contribution in [0.4, 0.5) is 0 Å². The number of nitrogens with zero attached hydrogens (tertiary/aromatic N) is 2. The van der Waals surface area contributed by atoms with Crippen molar-refractivity contribution in [3.8, 4) is 0 Å². The molecule has 2 unspecified atom stereocenters. The molecule has 4 rings (SSSR count). The SMILES string of the molecule is C1=CN(Cc2ccccc2)CCC1C1C=CN(Cc2ccccc2)CC1. The molecule has 2 heterocycles. The summed E-state index contributed by atoms with van der Waals surface area (Å²) < 4.78 is 0. The van der Waals surface area contributed by atoms with Gasteiger partial charge in [0, 0.05) is 26.2 Å². The van der Waals surface area contributed by atoms with Gasteiger partial charge in [0.15, 0.2) is 0 Å². The monoisotopic (exact) mass is 344 g/mol. The molecule has 0 fully saturated rings. The highest BCUT2D eigenvalue weighted by molar-refractivity contribution is 5.17. The Morgan fingerprint density at radius 1 is 0.615 bits per heavy atom. The molecule has 26 heavy (non-hydrogen) atoms. The Hall–Kier alpha value is -2.48. The standard InChI is InChI=1S/C24H28N2/c1-3-7-21(8-4-1)19-25-15-11-23(12-16-25)24-13-17-26(18-14-24)20-22-9-5-2-6-10-22/h1-11,13,15,17,23-24H,12,14,16,18-20H2. The fourth-order valence-corrected chi connectivity index (χ4v) is 4.05. The Morgan fingerprint density at radius 3 is 1.38 bits per heavy atom. The van der Waals surface area contributed by atoms with E-state index in [9.17, 15) is 0 Å². The highest BCUT2D eigenvalue weighted by Crippen LogP contribution is 2.29. The van der Waals surface area contributed by atoms with Gasteiger partial charge in [-0.25, -0.2) is 0 Å². The Morgan fingerprint density at radius 2 is 1.04 bits per heavy atom. The molecule has 0 spiro atoms. The van der Waals surface area contributed by atoms with Gasteiger partial charge in [0.1, 0.15) is 0 Å². The summed E-state index contributed by atoms with van der Waals surface area (Å²) >= 11 is 0. The van der Waals surface area contributed by atoms with E-state index in [2.05, 4.69) is 95.0 Å². The maximum Gasteiger partial charge on any atom is 0.0423 e. The molecule has 2 aromatic carbocycles. The first-order valence-corrected chi connectivity index (χ1v) is 9.79. The van der Waals surface area contributed by atoms with Gasteiger partial charge in [0.05, 0.1) is 0 Å². The topological polar surface area (TPSA) is 6.48 Å². The van der Waals surface area contributed by atoms with E-state index in [0.29, 0.717) is 11.8 Å². The molecule has 2 aliphatic rings. The van der Waals surface area contributed by atoms with E-state index in [-0.39, 0.29) is 0 Å². The van der Waals surface area contributed by atoms with Gasteiger partial charge in [0.25, 0.3) is 0 Å². The van der Waals surface area contributed by atoms with Crippen molar-refractivity contribution in [1.82, 2.24) is 9.80 Å². The highest BCUT2D eigenvalue weighted by Gasteiger charge is 2.23. The lowest BCUT2D eigenvalue weighted by Gasteiger charge is -2.35. The Balaban J connectivity index is 1.29. The molecule has 0 aliphatic carbocycles. The number of rotatable bonds is 5. The third-order valence-electron chi connectivity index (χ3n) is 5.59. The predicted octanol–water partition coefficient (Wildman–Crippen LogP) is 5.06. The van der Waals surface area contributed by atoms with Gasteiger partial charge >= 0.3 is 0 Å². The van der Waals surface area contributed by atoms with E-state index >= 15 is 0 Å². The summed E-state index contributed by atoms with van der Waals surface area (Å²) in [6, 6.07) is 21.5. The third-order valence-corrected chi connectivity index (χ3v) is 5.59. The molecule has 2 aliphatic heterocycles. The van der Waals surface area contributed by atoms with Crippen LogP contribution in [0.2, 0.25) is 0 Å². The average Bonchev–Trinajstić information content (AvgIpc) is 2.71. The normalized spacial score (nSPS) is 22.6. The largest absolute Gasteiger partial charge is 0.373 e. The van der Waals surface area contributed by atoms with Gasteiger partial charge in [-0.1, -0.05) is 72.8 Å². The van der Waals surface area contributed by atoms with Crippen LogP contribution < -0.4 is 0 Å². The van der Waals surface area contributed by atoms with Crippen molar-refractivity contribution < 1.29 is 0 Å². The first kappa shape index (κ1) is 17.0. The molecule has 0 radical (unpaired) electrons. The lowest BCUT2D eigenvalue weighted by atomic mass is 9.84. The Kier molecular flexibility index (Phi) is 5.39. The number of hydrogen-bond donors (Lipinski definition) is 0. The molecule has 2 nitrogen and oxygen atoms in total. The minimum Gasteiger partial charge on any atom is -0.373 e. The number of hydrogen-bond acceptors (Lipinski definition) is 2. The summed E-state index contributed by atoms with van der Waals surface area (Å²) in [5.74, 6) is 1.38. The summed E-state index contributed by atoms with van der Waals surface area (Å²) in [5.41, 5.74) is 2.79. The van der Waals surface area contributed by atoms with E-state index in [0.717, 1.165) is 26.2 Å². The van der Waals surface area contributed by atoms with Gasteiger partial charge in [-0.05, 0) is 48.2 Å². The van der Waals surface area contributed by atoms with Gasteiger partial charge in [-0.3, -0.25) is 0 Å². The summed E-state index contributed by atoms with van der Waals surface area (Å²) in [6.45, 7) is 4.37. The molecular formula is C24H28N2. The van der Waals surface area contributed by atoms with Crippen LogP contribution in [0.1, 0.15) is 24.0 Å². The Labute approximate surface area is 157 Å². The second-order valence-electron chi connectivity index (χ2n) is 7.50. The Bertz CT molecular complexity index is 670. The van der Waals surface area contributed by atoms with E-state index in [1.165, 1.54) is 24.0 Å². The van der Waals surface area contributed by atoms with E-state index in [1.807, 2.05) is 0 Å². The first-order chi connectivity index (χ1) is 12.9. The van der Waals surface area contributed by atoms with Crippen molar-refractivity contribution in [3.05, 3.63) is 96.3 Å². The average molecular weight is 345 g/mol. The van der Waals surface area contributed by atoms with Crippen molar-refractivity contribution in [3.63, 3.8) is 0 Å². The molecule has 2 heteroatoms. The van der Waals surface area contributed by atoms with Gasteiger partial charge in [-0.15, -0.1) is 0 Å². The van der Waals surface area contributed by atoms with Crippen molar-refractivity contribution in [2.45, 2.75) is 25.9 Å². The number of benzene rings is 2. The second-order valence-corrected chi connectivity index (χ2v) is 7.50.